The van der Waals surface area contributed by atoms with E-state index in [0.29, 0.717) is 4.90 Å². The number of sulfone groups is 1. The summed E-state index contributed by atoms with van der Waals surface area (Å²) in [6, 6.07) is 8.96. The van der Waals surface area contributed by atoms with Crippen LogP contribution in [-0.2, 0) is 9.84 Å². The molecule has 2 amide bonds. The normalized spacial score (nSPS) is 16.1. The van der Waals surface area contributed by atoms with Gasteiger partial charge >= 0.3 is 6.03 Å². The van der Waals surface area contributed by atoms with E-state index in [4.69, 9.17) is 0 Å². The fourth-order valence-corrected chi connectivity index (χ4v) is 6.51. The Morgan fingerprint density at radius 3 is 2.59 bits per heavy atom. The van der Waals surface area contributed by atoms with Gasteiger partial charge in [0.2, 0.25) is 0 Å². The van der Waals surface area contributed by atoms with Crippen molar-refractivity contribution in [1.82, 2.24) is 10.2 Å². The zero-order valence-electron chi connectivity index (χ0n) is 15.8. The SMILES string of the molecule is Cc1ccc(C)c(S(=O)(=O)[C@H](CNC(=O)N2CCCCC2)c2cccs2)c1. The maximum atomic E-state index is 13.4. The van der Waals surface area contributed by atoms with E-state index in [0.717, 1.165) is 48.4 Å². The van der Waals surface area contributed by atoms with Crippen LogP contribution in [0.15, 0.2) is 40.6 Å². The minimum Gasteiger partial charge on any atom is -0.336 e. The first-order valence-corrected chi connectivity index (χ1v) is 11.7. The van der Waals surface area contributed by atoms with Crippen molar-refractivity contribution in [2.75, 3.05) is 19.6 Å². The van der Waals surface area contributed by atoms with E-state index in [1.807, 2.05) is 43.5 Å². The predicted octanol–water partition coefficient (Wildman–Crippen LogP) is 4.08. The van der Waals surface area contributed by atoms with Crippen LogP contribution in [0.5, 0.6) is 0 Å². The lowest BCUT2D eigenvalue weighted by Crippen LogP contribution is -2.44. The molecule has 0 unspecified atom stereocenters. The summed E-state index contributed by atoms with van der Waals surface area (Å²) in [5.74, 6) is 0. The molecule has 1 atom stereocenters. The van der Waals surface area contributed by atoms with Gasteiger partial charge in [-0.2, -0.15) is 0 Å². The number of thiophene rings is 1. The van der Waals surface area contributed by atoms with Crippen molar-refractivity contribution in [1.29, 1.82) is 0 Å². The van der Waals surface area contributed by atoms with Crippen LogP contribution in [0.4, 0.5) is 4.79 Å². The second-order valence-corrected chi connectivity index (χ2v) is 10.1. The summed E-state index contributed by atoms with van der Waals surface area (Å²) < 4.78 is 26.9. The van der Waals surface area contributed by atoms with Crippen molar-refractivity contribution in [3.63, 3.8) is 0 Å². The van der Waals surface area contributed by atoms with Gasteiger partial charge in [-0.25, -0.2) is 13.2 Å². The number of hydrogen-bond acceptors (Lipinski definition) is 4. The minimum absolute atomic E-state index is 0.0750. The summed E-state index contributed by atoms with van der Waals surface area (Å²) >= 11 is 1.41. The Kier molecular flexibility index (Phi) is 6.22. The summed E-state index contributed by atoms with van der Waals surface area (Å²) in [6.07, 6.45) is 3.15. The van der Waals surface area contributed by atoms with Crippen molar-refractivity contribution in [3.8, 4) is 0 Å². The Balaban J connectivity index is 1.85. The minimum atomic E-state index is -3.63. The topological polar surface area (TPSA) is 66.5 Å². The first-order chi connectivity index (χ1) is 12.9. The monoisotopic (exact) mass is 406 g/mol. The van der Waals surface area contributed by atoms with Gasteiger partial charge in [0.1, 0.15) is 5.25 Å². The maximum absolute atomic E-state index is 13.4. The van der Waals surface area contributed by atoms with Crippen LogP contribution >= 0.6 is 11.3 Å². The third-order valence-corrected chi connectivity index (χ3v) is 8.33. The number of nitrogens with one attached hydrogen (secondary N) is 1. The molecule has 2 heterocycles. The number of amides is 2. The summed E-state index contributed by atoms with van der Waals surface area (Å²) in [4.78, 5) is 15.3. The number of likely N-dealkylation sites (tertiary alicyclic amines) is 1. The number of urea groups is 1. The van der Waals surface area contributed by atoms with Crippen molar-refractivity contribution >= 4 is 27.2 Å². The molecule has 1 saturated heterocycles. The predicted molar refractivity (Wildman–Crippen MR) is 109 cm³/mol. The molecule has 1 aromatic carbocycles. The fraction of sp³-hybridized carbons (Fsp3) is 0.450. The Labute approximate surface area is 165 Å². The van der Waals surface area contributed by atoms with Crippen LogP contribution in [0.25, 0.3) is 0 Å². The molecule has 1 aromatic heterocycles. The summed E-state index contributed by atoms with van der Waals surface area (Å²) in [7, 11) is -3.63. The van der Waals surface area contributed by atoms with Crippen LogP contribution in [0.1, 0.15) is 40.5 Å². The molecule has 5 nitrogen and oxygen atoms in total. The highest BCUT2D eigenvalue weighted by atomic mass is 32.2. The quantitative estimate of drug-likeness (QED) is 0.814. The number of hydrogen-bond donors (Lipinski definition) is 1. The van der Waals surface area contributed by atoms with E-state index in [2.05, 4.69) is 5.32 Å². The van der Waals surface area contributed by atoms with Gasteiger partial charge in [0, 0.05) is 24.5 Å². The van der Waals surface area contributed by atoms with Crippen LogP contribution in [0.2, 0.25) is 0 Å². The van der Waals surface area contributed by atoms with Crippen molar-refractivity contribution in [2.45, 2.75) is 43.3 Å². The van der Waals surface area contributed by atoms with Crippen LogP contribution in [0, 0.1) is 13.8 Å². The molecule has 3 rings (SSSR count). The van der Waals surface area contributed by atoms with E-state index in [1.54, 1.807) is 11.0 Å². The molecule has 1 N–H and O–H groups in total. The molecule has 0 spiro atoms. The second kappa shape index (κ2) is 8.44. The largest absolute Gasteiger partial charge is 0.336 e. The standard InChI is InChI=1S/C20H26N2O3S2/c1-15-8-9-16(2)18(13-15)27(24,25)19(17-7-6-12-26-17)14-21-20(23)22-10-4-3-5-11-22/h6-9,12-13,19H,3-5,10-11,14H2,1-2H3,(H,21,23)/t19-/m1/s1. The smallest absolute Gasteiger partial charge is 0.317 e. The zero-order chi connectivity index (χ0) is 19.4. The average Bonchev–Trinajstić information content (AvgIpc) is 3.18. The Hall–Kier alpha value is -1.86. The van der Waals surface area contributed by atoms with E-state index in [1.165, 1.54) is 11.3 Å². The lowest BCUT2D eigenvalue weighted by Gasteiger charge is -2.28. The first kappa shape index (κ1) is 19.9. The van der Waals surface area contributed by atoms with E-state index in [-0.39, 0.29) is 12.6 Å². The number of piperidine rings is 1. The summed E-state index contributed by atoms with van der Waals surface area (Å²) in [6.45, 7) is 5.24. The number of aryl methyl sites for hydroxylation is 2. The molecule has 146 valence electrons. The second-order valence-electron chi connectivity index (χ2n) is 7.05. The zero-order valence-corrected chi connectivity index (χ0v) is 17.4. The maximum Gasteiger partial charge on any atom is 0.317 e. The molecular weight excluding hydrogens is 380 g/mol. The van der Waals surface area contributed by atoms with E-state index >= 15 is 0 Å². The number of rotatable bonds is 5. The molecule has 0 saturated carbocycles. The Morgan fingerprint density at radius 2 is 1.93 bits per heavy atom. The fourth-order valence-electron chi connectivity index (χ4n) is 3.39. The molecule has 1 aliphatic rings. The molecule has 1 aliphatic heterocycles. The third kappa shape index (κ3) is 4.52. The molecule has 0 aliphatic carbocycles. The van der Waals surface area contributed by atoms with Gasteiger partial charge in [-0.15, -0.1) is 11.3 Å². The van der Waals surface area contributed by atoms with Gasteiger partial charge in [-0.05, 0) is 61.7 Å². The number of nitrogens with zero attached hydrogens (tertiary/aromatic N) is 1. The van der Waals surface area contributed by atoms with Gasteiger partial charge in [0.15, 0.2) is 9.84 Å². The van der Waals surface area contributed by atoms with Gasteiger partial charge in [0.25, 0.3) is 0 Å². The van der Waals surface area contributed by atoms with Gasteiger partial charge in [-0.1, -0.05) is 18.2 Å². The highest BCUT2D eigenvalue weighted by Gasteiger charge is 2.32. The lowest BCUT2D eigenvalue weighted by atomic mass is 10.1. The van der Waals surface area contributed by atoms with Gasteiger partial charge in [0.05, 0.1) is 4.90 Å². The van der Waals surface area contributed by atoms with E-state index < -0.39 is 15.1 Å². The average molecular weight is 407 g/mol. The highest BCUT2D eigenvalue weighted by Crippen LogP contribution is 2.33. The van der Waals surface area contributed by atoms with E-state index in [9.17, 15) is 13.2 Å². The molecule has 1 fully saturated rings. The summed E-state index contributed by atoms with van der Waals surface area (Å²) in [5.41, 5.74) is 1.63. The molecule has 2 aromatic rings. The molecule has 27 heavy (non-hydrogen) atoms. The first-order valence-electron chi connectivity index (χ1n) is 9.27. The third-order valence-electron chi connectivity index (χ3n) is 4.97. The van der Waals surface area contributed by atoms with Gasteiger partial charge < -0.3 is 10.2 Å². The van der Waals surface area contributed by atoms with Crippen molar-refractivity contribution in [3.05, 3.63) is 51.7 Å². The molecule has 0 radical (unpaired) electrons. The van der Waals surface area contributed by atoms with Crippen molar-refractivity contribution < 1.29 is 13.2 Å². The molecular formula is C20H26N2O3S2. The number of benzene rings is 1. The van der Waals surface area contributed by atoms with Gasteiger partial charge in [-0.3, -0.25) is 0 Å². The Morgan fingerprint density at radius 1 is 1.19 bits per heavy atom. The Bertz CT molecular complexity index is 886. The van der Waals surface area contributed by atoms with Crippen LogP contribution < -0.4 is 5.32 Å². The summed E-state index contributed by atoms with van der Waals surface area (Å²) in [5, 5.41) is 3.95. The molecule has 7 heteroatoms. The van der Waals surface area contributed by atoms with Crippen molar-refractivity contribution in [2.24, 2.45) is 0 Å². The van der Waals surface area contributed by atoms with Crippen LogP contribution in [-0.4, -0.2) is 39.0 Å². The van der Waals surface area contributed by atoms with Crippen LogP contribution in [0.3, 0.4) is 0 Å². The lowest BCUT2D eigenvalue weighted by molar-refractivity contribution is 0.186. The molecule has 0 bridgehead atoms. The number of carbonyl (C=O) groups is 1. The highest BCUT2D eigenvalue weighted by molar-refractivity contribution is 7.92. The number of carbonyl (C=O) groups excluding carboxylic acids is 1.